The third kappa shape index (κ3) is 5.11. The zero-order valence-electron chi connectivity index (χ0n) is 14.7. The second kappa shape index (κ2) is 8.58. The zero-order chi connectivity index (χ0) is 19.4. The maximum atomic E-state index is 12.4. The van der Waals surface area contributed by atoms with Gasteiger partial charge in [-0.25, -0.2) is 4.79 Å². The molecule has 0 unspecified atom stereocenters. The number of nitrogens with zero attached hydrogens (tertiary/aromatic N) is 3. The van der Waals surface area contributed by atoms with Crippen molar-refractivity contribution in [2.45, 2.75) is 26.3 Å². The van der Waals surface area contributed by atoms with Gasteiger partial charge in [-0.05, 0) is 38.0 Å². The Morgan fingerprint density at radius 1 is 1.26 bits per heavy atom. The molecule has 3 amide bonds. The fourth-order valence-corrected chi connectivity index (χ4v) is 3.14. The highest BCUT2D eigenvalue weighted by molar-refractivity contribution is 6.42. The Morgan fingerprint density at radius 3 is 2.63 bits per heavy atom. The van der Waals surface area contributed by atoms with Crippen LogP contribution in [0.25, 0.3) is 0 Å². The van der Waals surface area contributed by atoms with Gasteiger partial charge in [0.2, 0.25) is 11.8 Å². The highest BCUT2D eigenvalue weighted by Gasteiger charge is 2.27. The summed E-state index contributed by atoms with van der Waals surface area (Å²) in [5.41, 5.74) is 0.573. The van der Waals surface area contributed by atoms with E-state index in [2.05, 4.69) is 20.8 Å². The van der Waals surface area contributed by atoms with E-state index in [1.165, 1.54) is 0 Å². The second-order valence-corrected chi connectivity index (χ2v) is 7.09. The van der Waals surface area contributed by atoms with Crippen molar-refractivity contribution in [1.29, 1.82) is 0 Å². The molecule has 1 aliphatic rings. The summed E-state index contributed by atoms with van der Waals surface area (Å²) >= 11 is 11.8. The summed E-state index contributed by atoms with van der Waals surface area (Å²) in [6.07, 6.45) is 1.17. The lowest BCUT2D eigenvalue weighted by molar-refractivity contribution is -0.126. The molecule has 0 spiro atoms. The number of nitrogens with one attached hydrogen (secondary N) is 2. The van der Waals surface area contributed by atoms with Crippen LogP contribution in [-0.2, 0) is 11.3 Å². The number of rotatable bonds is 4. The summed E-state index contributed by atoms with van der Waals surface area (Å²) in [6.45, 7) is 2.90. The van der Waals surface area contributed by atoms with Crippen LogP contribution in [0.1, 0.15) is 24.6 Å². The lowest BCUT2D eigenvalue weighted by Gasteiger charge is -2.31. The molecule has 0 aliphatic carbocycles. The van der Waals surface area contributed by atoms with Gasteiger partial charge in [0.25, 0.3) is 0 Å². The molecule has 3 rings (SSSR count). The smallest absolute Gasteiger partial charge is 0.321 e. The summed E-state index contributed by atoms with van der Waals surface area (Å²) in [6, 6.07) is 4.68. The molecule has 2 aromatic rings. The minimum atomic E-state index is -0.228. The Labute approximate surface area is 166 Å². The molecule has 0 atom stereocenters. The number of aryl methyl sites for hydroxylation is 1. The van der Waals surface area contributed by atoms with Gasteiger partial charge in [0.05, 0.1) is 16.6 Å². The standard InChI is InChI=1S/C17H19Cl2N5O3/c1-10-21-15(27-23-10)9-20-16(25)11-4-6-24(7-5-11)17(26)22-12-2-3-13(18)14(19)8-12/h2-3,8,11H,4-7,9H2,1H3,(H,20,25)(H,22,26). The summed E-state index contributed by atoms with van der Waals surface area (Å²) in [5, 5.41) is 10.1. The highest BCUT2D eigenvalue weighted by atomic mass is 35.5. The molecular formula is C17H19Cl2N5O3. The molecule has 1 aromatic carbocycles. The van der Waals surface area contributed by atoms with Gasteiger partial charge in [-0.15, -0.1) is 0 Å². The van der Waals surface area contributed by atoms with Gasteiger partial charge < -0.3 is 20.1 Å². The van der Waals surface area contributed by atoms with Gasteiger partial charge in [0, 0.05) is 24.7 Å². The Morgan fingerprint density at radius 2 is 2.00 bits per heavy atom. The molecule has 144 valence electrons. The Balaban J connectivity index is 1.45. The van der Waals surface area contributed by atoms with Crippen molar-refractivity contribution >= 4 is 40.8 Å². The van der Waals surface area contributed by atoms with Gasteiger partial charge in [0.15, 0.2) is 5.82 Å². The Hall–Kier alpha value is -2.32. The number of aromatic nitrogens is 2. The topological polar surface area (TPSA) is 100 Å². The number of anilines is 1. The van der Waals surface area contributed by atoms with Crippen molar-refractivity contribution in [1.82, 2.24) is 20.4 Å². The van der Waals surface area contributed by atoms with E-state index in [9.17, 15) is 9.59 Å². The van der Waals surface area contributed by atoms with Crippen LogP contribution < -0.4 is 10.6 Å². The average Bonchev–Trinajstić information content (AvgIpc) is 3.08. The van der Waals surface area contributed by atoms with E-state index in [4.69, 9.17) is 27.7 Å². The number of amides is 3. The van der Waals surface area contributed by atoms with Crippen molar-refractivity contribution in [3.8, 4) is 0 Å². The number of hydrogen-bond acceptors (Lipinski definition) is 5. The third-order valence-corrected chi connectivity index (χ3v) is 5.05. The van der Waals surface area contributed by atoms with Crippen LogP contribution in [0.4, 0.5) is 10.5 Å². The van der Waals surface area contributed by atoms with E-state index >= 15 is 0 Å². The average molecular weight is 412 g/mol. The van der Waals surface area contributed by atoms with E-state index in [-0.39, 0.29) is 24.4 Å². The van der Waals surface area contributed by atoms with Crippen LogP contribution in [0.2, 0.25) is 10.0 Å². The fourth-order valence-electron chi connectivity index (χ4n) is 2.84. The minimum absolute atomic E-state index is 0.0737. The number of carbonyl (C=O) groups is 2. The summed E-state index contributed by atoms with van der Waals surface area (Å²) in [4.78, 5) is 30.3. The highest BCUT2D eigenvalue weighted by Crippen LogP contribution is 2.25. The molecule has 27 heavy (non-hydrogen) atoms. The van der Waals surface area contributed by atoms with Gasteiger partial charge in [-0.3, -0.25) is 4.79 Å². The van der Waals surface area contributed by atoms with Crippen LogP contribution >= 0.6 is 23.2 Å². The van der Waals surface area contributed by atoms with Crippen molar-refractivity contribution in [2.75, 3.05) is 18.4 Å². The molecule has 1 saturated heterocycles. The molecule has 2 N–H and O–H groups in total. The lowest BCUT2D eigenvalue weighted by atomic mass is 9.96. The quantitative estimate of drug-likeness (QED) is 0.803. The van der Waals surface area contributed by atoms with Crippen LogP contribution in [0, 0.1) is 12.8 Å². The zero-order valence-corrected chi connectivity index (χ0v) is 16.2. The van der Waals surface area contributed by atoms with E-state index < -0.39 is 0 Å². The Kier molecular flexibility index (Phi) is 6.18. The summed E-state index contributed by atoms with van der Waals surface area (Å²) < 4.78 is 4.97. The molecule has 1 aliphatic heterocycles. The van der Waals surface area contributed by atoms with Crippen molar-refractivity contribution in [2.24, 2.45) is 5.92 Å². The van der Waals surface area contributed by atoms with E-state index in [1.807, 2.05) is 0 Å². The predicted octanol–water partition coefficient (Wildman–Crippen LogP) is 3.25. The van der Waals surface area contributed by atoms with Gasteiger partial charge >= 0.3 is 6.03 Å². The van der Waals surface area contributed by atoms with Gasteiger partial charge in [0.1, 0.15) is 0 Å². The first-order valence-electron chi connectivity index (χ1n) is 8.50. The molecular weight excluding hydrogens is 393 g/mol. The van der Waals surface area contributed by atoms with Crippen LogP contribution in [0.3, 0.4) is 0 Å². The molecule has 1 aromatic heterocycles. The number of likely N-dealkylation sites (tertiary alicyclic amines) is 1. The molecule has 0 radical (unpaired) electrons. The maximum absolute atomic E-state index is 12.4. The van der Waals surface area contributed by atoms with Crippen molar-refractivity contribution < 1.29 is 14.1 Å². The fraction of sp³-hybridized carbons (Fsp3) is 0.412. The molecule has 2 heterocycles. The SMILES string of the molecule is Cc1noc(CNC(=O)C2CCN(C(=O)Nc3ccc(Cl)c(Cl)c3)CC2)n1. The van der Waals surface area contributed by atoms with Crippen LogP contribution in [0.15, 0.2) is 22.7 Å². The normalized spacial score (nSPS) is 14.9. The maximum Gasteiger partial charge on any atom is 0.321 e. The summed E-state index contributed by atoms with van der Waals surface area (Å²) in [7, 11) is 0. The first-order valence-corrected chi connectivity index (χ1v) is 9.26. The second-order valence-electron chi connectivity index (χ2n) is 6.27. The number of carbonyl (C=O) groups excluding carboxylic acids is 2. The predicted molar refractivity (Wildman–Crippen MR) is 101 cm³/mol. The minimum Gasteiger partial charge on any atom is -0.347 e. The molecule has 0 saturated carbocycles. The molecule has 1 fully saturated rings. The number of urea groups is 1. The van der Waals surface area contributed by atoms with E-state index in [0.717, 1.165) is 0 Å². The van der Waals surface area contributed by atoms with Gasteiger partial charge in [-0.2, -0.15) is 4.98 Å². The van der Waals surface area contributed by atoms with E-state index in [0.29, 0.717) is 53.4 Å². The monoisotopic (exact) mass is 411 g/mol. The number of benzene rings is 1. The van der Waals surface area contributed by atoms with Crippen molar-refractivity contribution in [3.63, 3.8) is 0 Å². The molecule has 0 bridgehead atoms. The van der Waals surface area contributed by atoms with Crippen molar-refractivity contribution in [3.05, 3.63) is 40.0 Å². The van der Waals surface area contributed by atoms with Gasteiger partial charge in [-0.1, -0.05) is 28.4 Å². The first kappa shape index (κ1) is 19.4. The lowest BCUT2D eigenvalue weighted by Crippen LogP contribution is -2.44. The van der Waals surface area contributed by atoms with Crippen LogP contribution in [0.5, 0.6) is 0 Å². The largest absolute Gasteiger partial charge is 0.347 e. The molecule has 10 heteroatoms. The molecule has 8 nitrogen and oxygen atoms in total. The third-order valence-electron chi connectivity index (χ3n) is 4.31. The number of hydrogen-bond donors (Lipinski definition) is 2. The Bertz CT molecular complexity index is 834. The number of halogens is 2. The van der Waals surface area contributed by atoms with E-state index in [1.54, 1.807) is 30.0 Å². The number of piperidine rings is 1. The van der Waals surface area contributed by atoms with Crippen LogP contribution in [-0.4, -0.2) is 40.1 Å². The summed E-state index contributed by atoms with van der Waals surface area (Å²) in [5.74, 6) is 0.679. The first-order chi connectivity index (χ1) is 12.9.